The summed E-state index contributed by atoms with van der Waals surface area (Å²) in [6.07, 6.45) is 8.42. The van der Waals surface area contributed by atoms with Crippen molar-refractivity contribution in [2.24, 2.45) is 5.14 Å². The van der Waals surface area contributed by atoms with Crippen LogP contribution in [0.15, 0.2) is 121 Å². The zero-order valence-corrected chi connectivity index (χ0v) is 56.3. The molecule has 508 valence electrons. The molecule has 4 aromatic carbocycles. The van der Waals surface area contributed by atoms with Crippen molar-refractivity contribution in [3.8, 4) is 0 Å². The number of nitrogens with zero attached hydrogens (tertiary/aromatic N) is 5. The Kier molecular flexibility index (Phi) is 20.6. The summed E-state index contributed by atoms with van der Waals surface area (Å²) >= 11 is 0.552. The van der Waals surface area contributed by atoms with E-state index in [0.29, 0.717) is 42.7 Å². The highest BCUT2D eigenvalue weighted by molar-refractivity contribution is 7.91. The highest BCUT2D eigenvalue weighted by atomic mass is 32.3. The summed E-state index contributed by atoms with van der Waals surface area (Å²) < 4.78 is 235. The molecule has 0 spiro atoms. The van der Waals surface area contributed by atoms with E-state index in [1.165, 1.54) is 70.6 Å². The van der Waals surface area contributed by atoms with Crippen molar-refractivity contribution in [3.63, 3.8) is 0 Å². The molecule has 8 rings (SSSR count). The smallest absolute Gasteiger partial charge is 0.295 e. The Balaban J connectivity index is 1.14. The fourth-order valence-corrected chi connectivity index (χ4v) is 16.1. The minimum atomic E-state index is -5.20. The van der Waals surface area contributed by atoms with Gasteiger partial charge in [-0.2, -0.15) is 50.5 Å². The first kappa shape index (κ1) is 72.5. The fourth-order valence-electron chi connectivity index (χ4n) is 11.2. The van der Waals surface area contributed by atoms with Crippen molar-refractivity contribution < 1.29 is 101 Å². The summed E-state index contributed by atoms with van der Waals surface area (Å²) in [4.78, 5) is 42.1. The van der Waals surface area contributed by atoms with E-state index in [0.717, 1.165) is 12.1 Å². The summed E-state index contributed by atoms with van der Waals surface area (Å²) in [7, 11) is -34.3. The van der Waals surface area contributed by atoms with Crippen molar-refractivity contribution in [2.45, 2.75) is 101 Å². The first-order chi connectivity index (χ1) is 43.3. The van der Waals surface area contributed by atoms with Gasteiger partial charge in [0.05, 0.1) is 38.6 Å². The van der Waals surface area contributed by atoms with Crippen LogP contribution in [-0.2, 0) is 91.2 Å². The average Bonchev–Trinajstić information content (AvgIpc) is 1.53. The van der Waals surface area contributed by atoms with E-state index >= 15 is 0 Å². The second kappa shape index (κ2) is 26.7. The molecule has 0 radical (unpaired) electrons. The molecular weight excluding hydrogens is 1400 g/mol. The van der Waals surface area contributed by atoms with Crippen LogP contribution in [0, 0.1) is 0 Å². The Labute approximate surface area is 544 Å². The molecule has 0 bridgehead atoms. The summed E-state index contributed by atoms with van der Waals surface area (Å²) in [5, 5.41) is 18.9. The van der Waals surface area contributed by atoms with Crippen LogP contribution in [0.3, 0.4) is 0 Å². The molecule has 1 atom stereocenters. The third-order valence-electron chi connectivity index (χ3n) is 15.4. The molecule has 4 heterocycles. The van der Waals surface area contributed by atoms with Gasteiger partial charge in [-0.15, -0.1) is 10.2 Å². The van der Waals surface area contributed by atoms with Crippen molar-refractivity contribution in [3.05, 3.63) is 119 Å². The molecule has 0 saturated heterocycles. The number of hydrogen-bond acceptors (Lipinski definition) is 23. The number of carbonyl (C=O) groups excluding carboxylic acids is 3. The molecule has 3 amide bonds. The van der Waals surface area contributed by atoms with Gasteiger partial charge in [-0.1, -0.05) is 75.8 Å². The van der Waals surface area contributed by atoms with Gasteiger partial charge in [-0.25, -0.2) is 13.6 Å². The summed E-state index contributed by atoms with van der Waals surface area (Å²) in [6.45, 7) is 5.58. The van der Waals surface area contributed by atoms with Gasteiger partial charge in [0.1, 0.15) is 9.79 Å². The number of carbonyl (C=O) groups is 3. The molecule has 2 aliphatic heterocycles. The highest BCUT2D eigenvalue weighted by Crippen LogP contribution is 2.53. The number of benzene rings is 4. The van der Waals surface area contributed by atoms with Crippen LogP contribution < -0.4 is 30.9 Å². The number of anilines is 3. The second-order valence-electron chi connectivity index (χ2n) is 22.7. The minimum Gasteiger partial charge on any atom is -0.363 e. The number of aromatic nitrogens is 3. The van der Waals surface area contributed by atoms with Crippen LogP contribution in [0.4, 0.5) is 16.5 Å². The third-order valence-corrected chi connectivity index (χ3v) is 22.4. The average molecular weight is 1460 g/mol. The van der Waals surface area contributed by atoms with Crippen molar-refractivity contribution in [1.29, 1.82) is 0 Å². The maximum Gasteiger partial charge on any atom is 0.295 e. The molecule has 0 saturated carbocycles. The number of nitrogens with two attached hydrogens (primary N) is 1. The SMILES string of the molecule is CC1(C)C(=CC=C(/C=C/C2N(CCS(=O)(=O)O)c3ccc4c(S(=O)(=O)O)cc(S(=O)(=O)O)cc4c3C2(C)C)c2ccc(C(=O)NCCCCCC(=O)NCCC(=O)Nc3nnc(S(N)(=O)=O)s3)cn2)N(CCS(=O)(=O)O)c2ccc3c(S(=O)(=O)O)cc(S(=O)(=O)O)cc3c21. The van der Waals surface area contributed by atoms with Gasteiger partial charge in [0.15, 0.2) is 0 Å². The van der Waals surface area contributed by atoms with Crippen LogP contribution in [0.2, 0.25) is 0 Å². The maximum atomic E-state index is 13.5. The van der Waals surface area contributed by atoms with Gasteiger partial charge >= 0.3 is 0 Å². The normalized spacial score (nSPS) is 16.6. The largest absolute Gasteiger partial charge is 0.363 e. The molecule has 6 aromatic rings. The van der Waals surface area contributed by atoms with E-state index < -0.39 is 148 Å². The van der Waals surface area contributed by atoms with Gasteiger partial charge in [0.25, 0.3) is 76.6 Å². The lowest BCUT2D eigenvalue weighted by atomic mass is 9.78. The first-order valence-electron chi connectivity index (χ1n) is 27.6. The summed E-state index contributed by atoms with van der Waals surface area (Å²) in [6, 6.07) is 10.0. The van der Waals surface area contributed by atoms with Gasteiger partial charge in [0.2, 0.25) is 21.3 Å². The number of pyridine rings is 1. The number of rotatable bonds is 26. The van der Waals surface area contributed by atoms with E-state index in [1.807, 2.05) is 0 Å². The quantitative estimate of drug-likeness (QED) is 0.0159. The Morgan fingerprint density at radius 1 is 0.628 bits per heavy atom. The summed E-state index contributed by atoms with van der Waals surface area (Å²) in [5.74, 6) is -3.31. The topological polar surface area (TPSA) is 519 Å². The molecule has 40 heteroatoms. The zero-order chi connectivity index (χ0) is 69.7. The number of unbranched alkanes of at least 4 members (excludes halogenated alkanes) is 2. The van der Waals surface area contributed by atoms with E-state index in [-0.39, 0.29) is 104 Å². The Morgan fingerprint density at radius 2 is 1.20 bits per heavy atom. The highest BCUT2D eigenvalue weighted by Gasteiger charge is 2.46. The Bertz CT molecular complexity index is 5040. The van der Waals surface area contributed by atoms with Crippen molar-refractivity contribution >= 4 is 143 Å². The third kappa shape index (κ3) is 16.7. The fraction of sp³-hybridized carbons (Fsp3) is 0.333. The minimum absolute atomic E-state index is 0.0450. The lowest BCUT2D eigenvalue weighted by Gasteiger charge is -2.32. The van der Waals surface area contributed by atoms with Gasteiger partial charge < -0.3 is 25.8 Å². The van der Waals surface area contributed by atoms with Crippen LogP contribution in [-0.4, -0.2) is 163 Å². The molecule has 2 aliphatic rings. The van der Waals surface area contributed by atoms with Crippen LogP contribution in [0.25, 0.3) is 27.1 Å². The number of amides is 3. The number of primary sulfonamides is 1. The molecule has 32 nitrogen and oxygen atoms in total. The molecule has 11 N–H and O–H groups in total. The molecule has 94 heavy (non-hydrogen) atoms. The number of allylic oxidation sites excluding steroid dienone is 5. The number of fused-ring (bicyclic) bond motifs is 6. The van der Waals surface area contributed by atoms with E-state index in [4.69, 9.17) is 5.14 Å². The lowest BCUT2D eigenvalue weighted by molar-refractivity contribution is -0.121. The summed E-state index contributed by atoms with van der Waals surface area (Å²) in [5.41, 5.74) is -1.57. The Morgan fingerprint density at radius 3 is 1.73 bits per heavy atom. The predicted molar refractivity (Wildman–Crippen MR) is 342 cm³/mol. The number of nitrogens with one attached hydrogen (secondary N) is 3. The molecular formula is C54H61N9O23S8. The standard InChI is InChI=1S/C54H61N9O23S8/c1-53(2)44(62(22-24-88(67,68)69)40-15-12-35-37(48(40)53)26-33(91(75,76)77)28-42(35)93(81,82)83)17-10-31(39-14-9-32(30-58-39)50(66)57-20-7-5-6-8-46(64)56-21-19-47(65)59-51-60-61-52(87-51)90(55,73)74)11-18-45-54(3,4)49-38-27-34(92(78,79)80)29-43(94(84,85)86)36(38)13-16-41(49)63(45)23-25-89(70,71)72/h9-18,26-30,44H,5-8,19-25H2,1-4H3,(H,56,64)(H,57,66)(H2,55,73,74)(H,59,60,65)(H,67,68,69)(H,70,71,72)(H,75,76,77)(H,78,79,80)(H,81,82,83)(H,84,85,86)/b17-10+,31-11?,45-18?. The van der Waals surface area contributed by atoms with Crippen LogP contribution in [0.5, 0.6) is 0 Å². The van der Waals surface area contributed by atoms with Crippen molar-refractivity contribution in [1.82, 2.24) is 25.8 Å². The van der Waals surface area contributed by atoms with Crippen LogP contribution >= 0.6 is 11.3 Å². The van der Waals surface area contributed by atoms with Gasteiger partial charge in [-0.05, 0) is 94.9 Å². The Hall–Kier alpha value is -7.29. The number of hydrogen-bond donors (Lipinski definition) is 10. The van der Waals surface area contributed by atoms with Crippen molar-refractivity contribution in [2.75, 3.05) is 52.8 Å². The van der Waals surface area contributed by atoms with E-state index in [1.54, 1.807) is 33.8 Å². The van der Waals surface area contributed by atoms with E-state index in [2.05, 4.69) is 31.1 Å². The van der Waals surface area contributed by atoms with Crippen LogP contribution in [0.1, 0.15) is 87.0 Å². The maximum absolute atomic E-state index is 13.5. The lowest BCUT2D eigenvalue weighted by Crippen LogP contribution is -2.42. The first-order valence-corrected chi connectivity index (χ1v) is 39.0. The monoisotopic (exact) mass is 1460 g/mol. The van der Waals surface area contributed by atoms with Gasteiger partial charge in [-0.3, -0.25) is 46.7 Å². The molecule has 2 aromatic heterocycles. The van der Waals surface area contributed by atoms with Gasteiger partial charge in [0, 0.05) is 83.9 Å². The van der Waals surface area contributed by atoms with E-state index in [9.17, 15) is 101 Å². The zero-order valence-electron chi connectivity index (χ0n) is 49.7. The molecule has 0 aliphatic carbocycles. The molecule has 0 fully saturated rings. The molecule has 1 unspecified atom stereocenters. The number of sulfonamides is 1. The second-order valence-corrected chi connectivity index (χ2v) is 34.1. The predicted octanol–water partition coefficient (Wildman–Crippen LogP) is 3.87.